The lowest BCUT2D eigenvalue weighted by atomic mass is 10.2. The molecule has 0 saturated carbocycles. The summed E-state index contributed by atoms with van der Waals surface area (Å²) in [6.07, 6.45) is 0.883. The van der Waals surface area contributed by atoms with Gasteiger partial charge in [-0.3, -0.25) is 4.79 Å². The summed E-state index contributed by atoms with van der Waals surface area (Å²) in [7, 11) is 1.68. The number of carbonyl (C=O) groups is 1. The smallest absolute Gasteiger partial charge is 0.227 e. The predicted molar refractivity (Wildman–Crippen MR) is 110 cm³/mol. The number of quaternary nitrogens is 1. The Bertz CT molecular complexity index is 916. The molecule has 1 saturated heterocycles. The second kappa shape index (κ2) is 9.19. The zero-order valence-corrected chi connectivity index (χ0v) is 17.3. The minimum absolute atomic E-state index is 0.156. The van der Waals surface area contributed by atoms with Crippen molar-refractivity contribution < 1.29 is 19.0 Å². The van der Waals surface area contributed by atoms with E-state index in [-0.39, 0.29) is 5.91 Å². The van der Waals surface area contributed by atoms with E-state index >= 15 is 0 Å². The molecular formula is C21H25N4O3S+. The van der Waals surface area contributed by atoms with Gasteiger partial charge in [-0.15, -0.1) is 0 Å². The van der Waals surface area contributed by atoms with Crippen LogP contribution in [0.2, 0.25) is 0 Å². The lowest BCUT2D eigenvalue weighted by molar-refractivity contribution is -0.917. The quantitative estimate of drug-likeness (QED) is 0.638. The summed E-state index contributed by atoms with van der Waals surface area (Å²) in [4.78, 5) is 20.4. The van der Waals surface area contributed by atoms with E-state index in [1.807, 2.05) is 33.9 Å². The van der Waals surface area contributed by atoms with Crippen molar-refractivity contribution >= 4 is 17.2 Å². The van der Waals surface area contributed by atoms with Crippen molar-refractivity contribution in [2.24, 2.45) is 0 Å². The highest BCUT2D eigenvalue weighted by Crippen LogP contribution is 2.19. The van der Waals surface area contributed by atoms with Crippen molar-refractivity contribution in [2.75, 3.05) is 33.3 Å². The zero-order chi connectivity index (χ0) is 20.1. The van der Waals surface area contributed by atoms with Crippen LogP contribution in [0.5, 0.6) is 5.75 Å². The first kappa shape index (κ1) is 19.6. The zero-order valence-electron chi connectivity index (χ0n) is 16.5. The number of hydrogen-bond acceptors (Lipinski definition) is 6. The number of piperazine rings is 1. The van der Waals surface area contributed by atoms with Crippen LogP contribution in [-0.2, 0) is 17.8 Å². The van der Waals surface area contributed by atoms with E-state index in [9.17, 15) is 4.79 Å². The van der Waals surface area contributed by atoms with Crippen LogP contribution in [0.15, 0.2) is 45.6 Å². The van der Waals surface area contributed by atoms with Crippen LogP contribution in [0.4, 0.5) is 0 Å². The number of nitrogens with zero attached hydrogens (tertiary/aromatic N) is 3. The molecule has 0 atom stereocenters. The standard InChI is InChI=1S/C21H24N4O3S/c1-27-18-4-2-16(3-5-18)14-24-9-11-25(12-10-24)20(26)7-6-19-22-21(23-28-19)17-8-13-29-15-17/h2-5,8,13,15H,6-7,9-12,14H2,1H3/p+1. The van der Waals surface area contributed by atoms with Gasteiger partial charge in [-0.05, 0) is 35.7 Å². The molecule has 0 unspecified atom stereocenters. The van der Waals surface area contributed by atoms with Gasteiger partial charge in [0.15, 0.2) is 0 Å². The molecule has 3 aromatic rings. The largest absolute Gasteiger partial charge is 0.497 e. The van der Waals surface area contributed by atoms with Crippen molar-refractivity contribution in [3.63, 3.8) is 0 Å². The van der Waals surface area contributed by atoms with Crippen LogP contribution in [-0.4, -0.2) is 54.2 Å². The number of thiophene rings is 1. The fourth-order valence-corrected chi connectivity index (χ4v) is 4.15. The lowest BCUT2D eigenvalue weighted by Gasteiger charge is -2.32. The van der Waals surface area contributed by atoms with Gasteiger partial charge in [-0.25, -0.2) is 0 Å². The molecule has 1 N–H and O–H groups in total. The van der Waals surface area contributed by atoms with Crippen LogP contribution in [0.1, 0.15) is 17.9 Å². The minimum Gasteiger partial charge on any atom is -0.497 e. The fraction of sp³-hybridized carbons (Fsp3) is 0.381. The predicted octanol–water partition coefficient (Wildman–Crippen LogP) is 1.67. The van der Waals surface area contributed by atoms with Gasteiger partial charge in [0.1, 0.15) is 12.3 Å². The van der Waals surface area contributed by atoms with E-state index in [0.29, 0.717) is 24.6 Å². The van der Waals surface area contributed by atoms with Gasteiger partial charge in [-0.2, -0.15) is 16.3 Å². The first-order valence-corrected chi connectivity index (χ1v) is 10.7. The highest BCUT2D eigenvalue weighted by molar-refractivity contribution is 7.08. The molecule has 0 bridgehead atoms. The number of benzene rings is 1. The molecule has 29 heavy (non-hydrogen) atoms. The molecule has 152 valence electrons. The van der Waals surface area contributed by atoms with Gasteiger partial charge < -0.3 is 19.1 Å². The number of ether oxygens (including phenoxy) is 1. The molecule has 1 amide bonds. The van der Waals surface area contributed by atoms with Crippen LogP contribution in [0, 0.1) is 0 Å². The molecule has 0 spiro atoms. The Morgan fingerprint density at radius 2 is 2.03 bits per heavy atom. The number of amides is 1. The molecule has 1 fully saturated rings. The third kappa shape index (κ3) is 5.02. The van der Waals surface area contributed by atoms with Gasteiger partial charge in [0, 0.05) is 29.3 Å². The molecule has 3 heterocycles. The number of carbonyl (C=O) groups excluding carboxylic acids is 1. The van der Waals surface area contributed by atoms with Crippen molar-refractivity contribution in [1.82, 2.24) is 15.0 Å². The van der Waals surface area contributed by atoms with E-state index in [1.54, 1.807) is 18.4 Å². The first-order chi connectivity index (χ1) is 14.2. The van der Waals surface area contributed by atoms with E-state index in [2.05, 4.69) is 22.3 Å². The highest BCUT2D eigenvalue weighted by Gasteiger charge is 2.24. The molecular weight excluding hydrogens is 388 g/mol. The van der Waals surface area contributed by atoms with Gasteiger partial charge >= 0.3 is 0 Å². The Morgan fingerprint density at radius 3 is 2.72 bits per heavy atom. The van der Waals surface area contributed by atoms with Crippen LogP contribution in [0.3, 0.4) is 0 Å². The Kier molecular flexibility index (Phi) is 6.21. The molecule has 4 rings (SSSR count). The van der Waals surface area contributed by atoms with E-state index in [0.717, 1.165) is 44.0 Å². The van der Waals surface area contributed by atoms with E-state index in [4.69, 9.17) is 9.26 Å². The summed E-state index contributed by atoms with van der Waals surface area (Å²) in [6, 6.07) is 10.2. The van der Waals surface area contributed by atoms with Gasteiger partial charge in [0.25, 0.3) is 0 Å². The summed E-state index contributed by atoms with van der Waals surface area (Å²) in [5, 5.41) is 7.95. The average Bonchev–Trinajstić information content (AvgIpc) is 3.45. The normalized spacial score (nSPS) is 14.9. The fourth-order valence-electron chi connectivity index (χ4n) is 3.52. The van der Waals surface area contributed by atoms with Gasteiger partial charge in [0.2, 0.25) is 17.6 Å². The lowest BCUT2D eigenvalue weighted by Crippen LogP contribution is -3.13. The number of methoxy groups -OCH3 is 1. The number of hydrogen-bond donors (Lipinski definition) is 1. The van der Waals surface area contributed by atoms with Crippen molar-refractivity contribution in [2.45, 2.75) is 19.4 Å². The Labute approximate surface area is 173 Å². The number of rotatable bonds is 7. The topological polar surface area (TPSA) is 72.9 Å². The van der Waals surface area contributed by atoms with E-state index < -0.39 is 0 Å². The Balaban J connectivity index is 1.21. The second-order valence-corrected chi connectivity index (χ2v) is 7.96. The molecule has 2 aromatic heterocycles. The minimum atomic E-state index is 0.156. The van der Waals surface area contributed by atoms with Crippen LogP contribution >= 0.6 is 11.3 Å². The summed E-state index contributed by atoms with van der Waals surface area (Å²) in [5.41, 5.74) is 2.24. The molecule has 7 nitrogen and oxygen atoms in total. The van der Waals surface area contributed by atoms with Crippen molar-refractivity contribution in [3.8, 4) is 17.1 Å². The molecule has 8 heteroatoms. The van der Waals surface area contributed by atoms with Gasteiger partial charge in [0.05, 0.1) is 33.3 Å². The summed E-state index contributed by atoms with van der Waals surface area (Å²) < 4.78 is 10.5. The maximum atomic E-state index is 12.6. The monoisotopic (exact) mass is 413 g/mol. The van der Waals surface area contributed by atoms with Gasteiger partial charge in [-0.1, -0.05) is 5.16 Å². The average molecular weight is 414 g/mol. The van der Waals surface area contributed by atoms with E-state index in [1.165, 1.54) is 10.5 Å². The Morgan fingerprint density at radius 1 is 1.24 bits per heavy atom. The number of aromatic nitrogens is 2. The number of nitrogens with one attached hydrogen (secondary N) is 1. The first-order valence-electron chi connectivity index (χ1n) is 9.80. The number of aryl methyl sites for hydroxylation is 1. The van der Waals surface area contributed by atoms with Crippen molar-refractivity contribution in [3.05, 3.63) is 52.5 Å². The maximum absolute atomic E-state index is 12.6. The third-order valence-electron chi connectivity index (χ3n) is 5.24. The highest BCUT2D eigenvalue weighted by atomic mass is 32.1. The van der Waals surface area contributed by atoms with Crippen LogP contribution < -0.4 is 9.64 Å². The summed E-state index contributed by atoms with van der Waals surface area (Å²) in [5.74, 6) is 2.14. The molecule has 1 aromatic carbocycles. The second-order valence-electron chi connectivity index (χ2n) is 7.18. The van der Waals surface area contributed by atoms with Crippen molar-refractivity contribution in [1.29, 1.82) is 0 Å². The molecule has 0 aliphatic carbocycles. The Hall–Kier alpha value is -2.71. The molecule has 0 radical (unpaired) electrons. The molecule has 1 aliphatic heterocycles. The van der Waals surface area contributed by atoms with Crippen LogP contribution in [0.25, 0.3) is 11.4 Å². The summed E-state index contributed by atoms with van der Waals surface area (Å²) in [6.45, 7) is 4.46. The summed E-state index contributed by atoms with van der Waals surface area (Å²) >= 11 is 1.59. The SMILES string of the molecule is COc1ccc(C[NH+]2CCN(C(=O)CCc3nc(-c4ccsc4)no3)CC2)cc1. The maximum Gasteiger partial charge on any atom is 0.227 e. The molecule has 1 aliphatic rings. The third-order valence-corrected chi connectivity index (χ3v) is 5.92.